The summed E-state index contributed by atoms with van der Waals surface area (Å²) >= 11 is 0. The van der Waals surface area contributed by atoms with Crippen LogP contribution >= 0.6 is 37.2 Å². The molecule has 0 unspecified atom stereocenters. The molecule has 0 heterocycles. The predicted octanol–water partition coefficient (Wildman–Crippen LogP) is 6.22. The first-order valence-electron chi connectivity index (χ1n) is 14.7. The Morgan fingerprint density at radius 3 is 2.25 bits per heavy atom. The summed E-state index contributed by atoms with van der Waals surface area (Å²) in [6, 6.07) is 0.743. The van der Waals surface area contributed by atoms with E-state index in [4.69, 9.17) is 5.73 Å². The highest BCUT2D eigenvalue weighted by Gasteiger charge is 2.60. The van der Waals surface area contributed by atoms with Gasteiger partial charge in [-0.3, -0.25) is 0 Å². The highest BCUT2D eigenvalue weighted by Crippen LogP contribution is 2.68. The van der Waals surface area contributed by atoms with Gasteiger partial charge in [0.2, 0.25) is 0 Å². The predicted molar refractivity (Wildman–Crippen MR) is 161 cm³/mol. The average molecular weight is 571 g/mol. The summed E-state index contributed by atoms with van der Waals surface area (Å²) in [6.07, 6.45) is 16.4. The Labute approximate surface area is 241 Å². The van der Waals surface area contributed by atoms with Crippen LogP contribution < -0.4 is 16.4 Å². The second kappa shape index (κ2) is 15.5. The largest absolute Gasteiger partial charge is 0.396 e. The summed E-state index contributed by atoms with van der Waals surface area (Å²) in [5.41, 5.74) is 6.64. The molecule has 4 rings (SSSR count). The quantitative estimate of drug-likeness (QED) is 0.223. The van der Waals surface area contributed by atoms with E-state index in [-0.39, 0.29) is 37.2 Å². The summed E-state index contributed by atoms with van der Waals surface area (Å²) in [5, 5.41) is 17.4. The maximum Gasteiger partial charge on any atom is 0.0459 e. The Morgan fingerprint density at radius 2 is 1.53 bits per heavy atom. The number of hydrogen-bond acceptors (Lipinski definition) is 4. The topological polar surface area (TPSA) is 70.3 Å². The third-order valence-corrected chi connectivity index (χ3v) is 11.5. The molecule has 0 bridgehead atoms. The molecule has 0 aliphatic heterocycles. The van der Waals surface area contributed by atoms with Gasteiger partial charge in [0.25, 0.3) is 0 Å². The van der Waals surface area contributed by atoms with E-state index < -0.39 is 0 Å². The van der Waals surface area contributed by atoms with Gasteiger partial charge < -0.3 is 21.5 Å². The molecule has 9 atom stereocenters. The number of unbranched alkanes of at least 4 members (excludes halogenated alkanes) is 1. The molecule has 4 aliphatic rings. The zero-order valence-electron chi connectivity index (χ0n) is 23.3. The lowest BCUT2D eigenvalue weighted by molar-refractivity contribution is -0.118. The second-order valence-electron chi connectivity index (χ2n) is 13.1. The van der Waals surface area contributed by atoms with E-state index in [2.05, 4.69) is 31.4 Å². The van der Waals surface area contributed by atoms with Gasteiger partial charge >= 0.3 is 0 Å². The van der Waals surface area contributed by atoms with E-state index in [0.717, 1.165) is 68.2 Å². The lowest BCUT2D eigenvalue weighted by atomic mass is 9.44. The van der Waals surface area contributed by atoms with Gasteiger partial charge in [0.05, 0.1) is 0 Å². The van der Waals surface area contributed by atoms with Gasteiger partial charge in [-0.15, -0.1) is 37.2 Å². The monoisotopic (exact) mass is 569 g/mol. The van der Waals surface area contributed by atoms with Crippen LogP contribution in [0.25, 0.3) is 0 Å². The molecule has 0 spiro atoms. The van der Waals surface area contributed by atoms with Crippen LogP contribution in [0.15, 0.2) is 0 Å². The van der Waals surface area contributed by atoms with E-state index >= 15 is 0 Å². The van der Waals surface area contributed by atoms with Crippen molar-refractivity contribution in [2.24, 2.45) is 52.1 Å². The van der Waals surface area contributed by atoms with Crippen molar-refractivity contribution in [2.75, 3.05) is 32.8 Å². The number of aliphatic hydroxyl groups is 1. The van der Waals surface area contributed by atoms with Gasteiger partial charge in [-0.2, -0.15) is 0 Å². The number of nitrogens with two attached hydrogens (primary N) is 1. The summed E-state index contributed by atoms with van der Waals surface area (Å²) in [5.74, 6) is 4.98. The smallest absolute Gasteiger partial charge is 0.0459 e. The minimum Gasteiger partial charge on any atom is -0.396 e. The van der Waals surface area contributed by atoms with Crippen LogP contribution in [-0.4, -0.2) is 43.9 Å². The van der Waals surface area contributed by atoms with Crippen LogP contribution in [0.2, 0.25) is 0 Å². The van der Waals surface area contributed by atoms with Crippen LogP contribution in [-0.2, 0) is 0 Å². The minimum absolute atomic E-state index is 0. The maximum atomic E-state index is 9.87. The van der Waals surface area contributed by atoms with Gasteiger partial charge in [0.1, 0.15) is 0 Å². The fourth-order valence-electron chi connectivity index (χ4n) is 9.58. The number of nitrogens with one attached hydrogen (secondary N) is 2. The van der Waals surface area contributed by atoms with E-state index in [1.54, 1.807) is 0 Å². The first-order chi connectivity index (χ1) is 15.9. The molecule has 0 radical (unpaired) electrons. The number of aliphatic hydroxyl groups excluding tert-OH is 1. The van der Waals surface area contributed by atoms with Crippen molar-refractivity contribution in [3.63, 3.8) is 0 Å². The highest BCUT2D eigenvalue weighted by atomic mass is 35.5. The molecule has 0 aromatic rings. The normalized spacial score (nSPS) is 39.9. The van der Waals surface area contributed by atoms with Crippen molar-refractivity contribution in [2.45, 2.75) is 104 Å². The van der Waals surface area contributed by atoms with E-state index in [9.17, 15) is 5.11 Å². The summed E-state index contributed by atoms with van der Waals surface area (Å²) in [4.78, 5) is 0. The van der Waals surface area contributed by atoms with Crippen molar-refractivity contribution in [3.05, 3.63) is 0 Å². The molecule has 7 heteroatoms. The molecule has 0 amide bonds. The molecule has 4 saturated carbocycles. The first kappa shape index (κ1) is 34.7. The molecular formula is C29H58Cl3N3O. The van der Waals surface area contributed by atoms with Crippen LogP contribution in [0.1, 0.15) is 97.8 Å². The molecule has 5 N–H and O–H groups in total. The van der Waals surface area contributed by atoms with Gasteiger partial charge in [0.15, 0.2) is 0 Å². The maximum absolute atomic E-state index is 9.87. The fourth-order valence-corrected chi connectivity index (χ4v) is 9.58. The highest BCUT2D eigenvalue weighted by molar-refractivity contribution is 5.86. The van der Waals surface area contributed by atoms with Crippen molar-refractivity contribution in [1.29, 1.82) is 0 Å². The van der Waals surface area contributed by atoms with Crippen LogP contribution in [0.3, 0.4) is 0 Å². The molecule has 0 aromatic heterocycles. The minimum atomic E-state index is 0. The zero-order chi connectivity index (χ0) is 23.5. The van der Waals surface area contributed by atoms with E-state index in [0.29, 0.717) is 23.4 Å². The van der Waals surface area contributed by atoms with Crippen molar-refractivity contribution >= 4 is 37.2 Å². The average Bonchev–Trinajstić information content (AvgIpc) is 3.17. The Hall–Kier alpha value is 0.710. The van der Waals surface area contributed by atoms with Crippen molar-refractivity contribution in [1.82, 2.24) is 10.6 Å². The second-order valence-corrected chi connectivity index (χ2v) is 13.1. The first-order valence-corrected chi connectivity index (χ1v) is 14.7. The third-order valence-electron chi connectivity index (χ3n) is 11.5. The molecule has 216 valence electrons. The van der Waals surface area contributed by atoms with Gasteiger partial charge in [-0.05, 0) is 150 Å². The van der Waals surface area contributed by atoms with Gasteiger partial charge in [-0.25, -0.2) is 0 Å². The summed E-state index contributed by atoms with van der Waals surface area (Å²) < 4.78 is 0. The number of fused-ring (bicyclic) bond motifs is 5. The zero-order valence-corrected chi connectivity index (χ0v) is 25.8. The van der Waals surface area contributed by atoms with Gasteiger partial charge in [0, 0.05) is 12.6 Å². The number of hydrogen-bond donors (Lipinski definition) is 4. The van der Waals surface area contributed by atoms with Crippen LogP contribution in [0.4, 0.5) is 0 Å². The SMILES string of the molecule is C[C@H](CO)[C@H]1CC[C@H]2[C@@H]3CC[C@H]4C[C@@H](NCCCNCCCCN)CC[C@]4(C)[C@H]3CC[C@]12C.Cl.Cl.Cl. The molecule has 4 nitrogen and oxygen atoms in total. The van der Waals surface area contributed by atoms with Crippen molar-refractivity contribution < 1.29 is 5.11 Å². The number of rotatable bonds is 11. The Bertz CT molecular complexity index is 629. The number of halogens is 3. The Kier molecular flexibility index (Phi) is 14.9. The summed E-state index contributed by atoms with van der Waals surface area (Å²) in [7, 11) is 0. The van der Waals surface area contributed by atoms with Crippen molar-refractivity contribution in [3.8, 4) is 0 Å². The molecule has 36 heavy (non-hydrogen) atoms. The third kappa shape index (κ3) is 7.07. The molecule has 0 aromatic carbocycles. The van der Waals surface area contributed by atoms with Gasteiger partial charge in [-0.1, -0.05) is 20.8 Å². The molecule has 0 saturated heterocycles. The standard InChI is InChI=1S/C29H55N3O.3ClH/c1-21(20-33)25-9-10-26-24-8-7-22-19-23(32-18-6-17-31-16-5-4-15-30)11-13-28(22,2)27(24)12-14-29(25,26)3;;;/h21-27,31-33H,4-20,30H2,1-3H3;3*1H/t21-,22+,23+,24+,25-,26+,27+,28+,29-;;;/m1.../s1. The molecule has 4 fully saturated rings. The Balaban J connectivity index is 0.00000216. The summed E-state index contributed by atoms with van der Waals surface area (Å²) in [6.45, 7) is 12.2. The lowest BCUT2D eigenvalue weighted by Crippen LogP contribution is -2.55. The van der Waals surface area contributed by atoms with E-state index in [1.165, 1.54) is 70.6 Å². The van der Waals surface area contributed by atoms with Crippen LogP contribution in [0.5, 0.6) is 0 Å². The Morgan fingerprint density at radius 1 is 0.833 bits per heavy atom. The molecule has 4 aliphatic carbocycles. The lowest BCUT2D eigenvalue weighted by Gasteiger charge is -2.61. The van der Waals surface area contributed by atoms with Crippen LogP contribution in [0, 0.1) is 46.3 Å². The fraction of sp³-hybridized carbons (Fsp3) is 1.00. The van der Waals surface area contributed by atoms with E-state index in [1.807, 2.05) is 0 Å². The molecular weight excluding hydrogens is 513 g/mol.